The standard InChI is InChI=1S/C13H14N2O2S/c1-13(2,14)10-7-12(18-8-10)9-4-3-5-11(6-9)15(16)17/h3-8H,14H2,1-2H3. The number of thiophene rings is 1. The maximum Gasteiger partial charge on any atom is 0.270 e. The number of nitrogens with zero attached hydrogens (tertiary/aromatic N) is 1. The molecule has 1 aromatic heterocycles. The first-order valence-corrected chi connectivity index (χ1v) is 6.38. The highest BCUT2D eigenvalue weighted by atomic mass is 32.1. The molecule has 2 rings (SSSR count). The Morgan fingerprint density at radius 3 is 2.61 bits per heavy atom. The van der Waals surface area contributed by atoms with Crippen LogP contribution in [0.4, 0.5) is 5.69 Å². The lowest BCUT2D eigenvalue weighted by molar-refractivity contribution is -0.384. The van der Waals surface area contributed by atoms with Crippen molar-refractivity contribution in [2.24, 2.45) is 5.73 Å². The molecule has 94 valence electrons. The van der Waals surface area contributed by atoms with Crippen LogP contribution in [-0.4, -0.2) is 4.92 Å². The van der Waals surface area contributed by atoms with E-state index >= 15 is 0 Å². The highest BCUT2D eigenvalue weighted by Gasteiger charge is 2.17. The number of hydrogen-bond acceptors (Lipinski definition) is 4. The zero-order valence-corrected chi connectivity index (χ0v) is 11.0. The van der Waals surface area contributed by atoms with Crippen molar-refractivity contribution in [1.82, 2.24) is 0 Å². The quantitative estimate of drug-likeness (QED) is 0.679. The van der Waals surface area contributed by atoms with Crippen molar-refractivity contribution in [3.05, 3.63) is 51.4 Å². The number of hydrogen-bond donors (Lipinski definition) is 1. The van der Waals surface area contributed by atoms with Crippen LogP contribution in [0.3, 0.4) is 0 Å². The first-order valence-electron chi connectivity index (χ1n) is 5.50. The monoisotopic (exact) mass is 262 g/mol. The van der Waals surface area contributed by atoms with Gasteiger partial charge in [0.25, 0.3) is 5.69 Å². The first-order chi connectivity index (χ1) is 8.38. The van der Waals surface area contributed by atoms with Crippen molar-refractivity contribution in [2.75, 3.05) is 0 Å². The van der Waals surface area contributed by atoms with Crippen LogP contribution >= 0.6 is 11.3 Å². The molecule has 0 saturated heterocycles. The fourth-order valence-electron chi connectivity index (χ4n) is 1.60. The third kappa shape index (κ3) is 2.57. The van der Waals surface area contributed by atoms with Gasteiger partial charge in [-0.1, -0.05) is 12.1 Å². The van der Waals surface area contributed by atoms with Crippen LogP contribution in [0.25, 0.3) is 10.4 Å². The van der Waals surface area contributed by atoms with Gasteiger partial charge >= 0.3 is 0 Å². The van der Waals surface area contributed by atoms with Gasteiger partial charge in [-0.25, -0.2) is 0 Å². The first kappa shape index (κ1) is 12.7. The Bertz CT molecular complexity index is 585. The molecule has 18 heavy (non-hydrogen) atoms. The molecular weight excluding hydrogens is 248 g/mol. The van der Waals surface area contributed by atoms with Crippen LogP contribution in [0, 0.1) is 10.1 Å². The van der Waals surface area contributed by atoms with Crippen LogP contribution < -0.4 is 5.73 Å². The summed E-state index contributed by atoms with van der Waals surface area (Å²) in [6.07, 6.45) is 0. The van der Waals surface area contributed by atoms with Crippen molar-refractivity contribution in [3.8, 4) is 10.4 Å². The highest BCUT2D eigenvalue weighted by molar-refractivity contribution is 7.13. The van der Waals surface area contributed by atoms with Crippen LogP contribution in [0.1, 0.15) is 19.4 Å². The second-order valence-electron chi connectivity index (χ2n) is 4.73. The molecule has 1 heterocycles. The summed E-state index contributed by atoms with van der Waals surface area (Å²) in [5, 5.41) is 12.7. The van der Waals surface area contributed by atoms with E-state index in [1.165, 1.54) is 6.07 Å². The molecular formula is C13H14N2O2S. The third-order valence-electron chi connectivity index (χ3n) is 2.68. The number of non-ortho nitro benzene ring substituents is 1. The third-order valence-corrected chi connectivity index (χ3v) is 3.66. The smallest absolute Gasteiger partial charge is 0.270 e. The summed E-state index contributed by atoms with van der Waals surface area (Å²) in [7, 11) is 0. The second-order valence-corrected chi connectivity index (χ2v) is 5.64. The van der Waals surface area contributed by atoms with Crippen molar-refractivity contribution in [2.45, 2.75) is 19.4 Å². The molecule has 0 amide bonds. The van der Waals surface area contributed by atoms with E-state index in [2.05, 4.69) is 0 Å². The van der Waals surface area contributed by atoms with E-state index in [9.17, 15) is 10.1 Å². The van der Waals surface area contributed by atoms with E-state index in [1.54, 1.807) is 23.5 Å². The van der Waals surface area contributed by atoms with Crippen molar-refractivity contribution >= 4 is 17.0 Å². The van der Waals surface area contributed by atoms with Gasteiger partial charge in [-0.15, -0.1) is 11.3 Å². The van der Waals surface area contributed by atoms with E-state index in [4.69, 9.17) is 5.73 Å². The van der Waals surface area contributed by atoms with Gasteiger partial charge in [0.2, 0.25) is 0 Å². The Morgan fingerprint density at radius 2 is 2.06 bits per heavy atom. The van der Waals surface area contributed by atoms with Crippen molar-refractivity contribution < 1.29 is 4.92 Å². The van der Waals surface area contributed by atoms with Gasteiger partial charge in [0, 0.05) is 22.5 Å². The lowest BCUT2D eigenvalue weighted by Gasteiger charge is -2.16. The fourth-order valence-corrected chi connectivity index (χ4v) is 2.68. The molecule has 0 unspecified atom stereocenters. The summed E-state index contributed by atoms with van der Waals surface area (Å²) in [4.78, 5) is 11.3. The van der Waals surface area contributed by atoms with E-state index in [0.717, 1.165) is 16.0 Å². The van der Waals surface area contributed by atoms with Gasteiger partial charge in [0.05, 0.1) is 4.92 Å². The molecule has 0 atom stereocenters. The predicted molar refractivity (Wildman–Crippen MR) is 73.6 cm³/mol. The lowest BCUT2D eigenvalue weighted by Crippen LogP contribution is -2.27. The van der Waals surface area contributed by atoms with Crippen molar-refractivity contribution in [1.29, 1.82) is 0 Å². The normalized spacial score (nSPS) is 11.5. The molecule has 0 radical (unpaired) electrons. The molecule has 0 aliphatic carbocycles. The minimum Gasteiger partial charge on any atom is -0.322 e. The minimum absolute atomic E-state index is 0.106. The number of rotatable bonds is 3. The summed E-state index contributed by atoms with van der Waals surface area (Å²) < 4.78 is 0. The van der Waals surface area contributed by atoms with Gasteiger partial charge in [-0.2, -0.15) is 0 Å². The van der Waals surface area contributed by atoms with E-state index < -0.39 is 5.54 Å². The fraction of sp³-hybridized carbons (Fsp3) is 0.231. The summed E-state index contributed by atoms with van der Waals surface area (Å²) >= 11 is 1.55. The van der Waals surface area contributed by atoms with Gasteiger partial charge in [0.1, 0.15) is 0 Å². The number of nitro benzene ring substituents is 1. The van der Waals surface area contributed by atoms with Gasteiger partial charge < -0.3 is 5.73 Å². The molecule has 1 aromatic carbocycles. The van der Waals surface area contributed by atoms with E-state index in [0.29, 0.717) is 0 Å². The molecule has 0 aliphatic heterocycles. The van der Waals surface area contributed by atoms with Crippen LogP contribution in [-0.2, 0) is 5.54 Å². The average molecular weight is 262 g/mol. The highest BCUT2D eigenvalue weighted by Crippen LogP contribution is 2.32. The minimum atomic E-state index is -0.393. The van der Waals surface area contributed by atoms with E-state index in [1.807, 2.05) is 31.4 Å². The number of benzene rings is 1. The Morgan fingerprint density at radius 1 is 1.33 bits per heavy atom. The Labute approximate surface area is 109 Å². The maximum absolute atomic E-state index is 10.7. The molecule has 0 fully saturated rings. The lowest BCUT2D eigenvalue weighted by atomic mass is 9.98. The predicted octanol–water partition coefficient (Wildman–Crippen LogP) is 3.52. The molecule has 0 bridgehead atoms. The zero-order chi connectivity index (χ0) is 13.3. The molecule has 0 aliphatic rings. The van der Waals surface area contributed by atoms with Gasteiger partial charge in [-0.05, 0) is 36.4 Å². The Balaban J connectivity index is 2.40. The zero-order valence-electron chi connectivity index (χ0n) is 10.2. The van der Waals surface area contributed by atoms with Crippen molar-refractivity contribution in [3.63, 3.8) is 0 Å². The molecule has 2 N–H and O–H groups in total. The van der Waals surface area contributed by atoms with Gasteiger partial charge in [0.15, 0.2) is 0 Å². The molecule has 4 nitrogen and oxygen atoms in total. The summed E-state index contributed by atoms with van der Waals surface area (Å²) in [5.74, 6) is 0. The van der Waals surface area contributed by atoms with Crippen LogP contribution in [0.15, 0.2) is 35.7 Å². The maximum atomic E-state index is 10.7. The number of nitrogens with two attached hydrogens (primary N) is 1. The second kappa shape index (κ2) is 4.51. The largest absolute Gasteiger partial charge is 0.322 e. The molecule has 0 spiro atoms. The van der Waals surface area contributed by atoms with Crippen LogP contribution in [0.2, 0.25) is 0 Å². The molecule has 5 heteroatoms. The topological polar surface area (TPSA) is 69.2 Å². The number of nitro groups is 1. The Hall–Kier alpha value is -1.72. The molecule has 2 aromatic rings. The van der Waals surface area contributed by atoms with E-state index in [-0.39, 0.29) is 10.6 Å². The summed E-state index contributed by atoms with van der Waals surface area (Å²) in [5.41, 5.74) is 7.63. The SMILES string of the molecule is CC(C)(N)c1csc(-c2cccc([N+](=O)[O-])c2)c1. The van der Waals surface area contributed by atoms with Gasteiger partial charge in [-0.3, -0.25) is 10.1 Å². The summed E-state index contributed by atoms with van der Waals surface area (Å²) in [6.45, 7) is 3.87. The average Bonchev–Trinajstić information content (AvgIpc) is 2.78. The summed E-state index contributed by atoms with van der Waals surface area (Å²) in [6, 6.07) is 8.63. The van der Waals surface area contributed by atoms with Crippen LogP contribution in [0.5, 0.6) is 0 Å². The molecule has 0 saturated carbocycles. The Kier molecular flexibility index (Phi) is 3.19.